The number of carbonyl (C=O) groups is 1. The van der Waals surface area contributed by atoms with Crippen LogP contribution in [0.4, 0.5) is 5.95 Å². The van der Waals surface area contributed by atoms with Gasteiger partial charge in [0.05, 0.1) is 6.54 Å². The molecular formula is C10H11N5O4. The van der Waals surface area contributed by atoms with Gasteiger partial charge in [0.15, 0.2) is 0 Å². The number of hydrogen-bond acceptors (Lipinski definition) is 6. The van der Waals surface area contributed by atoms with Crippen LogP contribution in [0.1, 0.15) is 10.5 Å². The van der Waals surface area contributed by atoms with Crippen LogP contribution in [-0.2, 0) is 18.3 Å². The number of aromatic nitrogens is 4. The summed E-state index contributed by atoms with van der Waals surface area (Å²) in [7, 11) is 1.73. The Labute approximate surface area is 107 Å². The van der Waals surface area contributed by atoms with Crippen molar-refractivity contribution in [3.05, 3.63) is 40.5 Å². The Hall–Kier alpha value is -2.71. The highest BCUT2D eigenvalue weighted by Crippen LogP contribution is 2.03. The van der Waals surface area contributed by atoms with Crippen LogP contribution in [0.5, 0.6) is 0 Å². The van der Waals surface area contributed by atoms with Crippen molar-refractivity contribution in [2.75, 3.05) is 6.61 Å². The van der Waals surface area contributed by atoms with Gasteiger partial charge in [-0.1, -0.05) is 4.98 Å². The summed E-state index contributed by atoms with van der Waals surface area (Å²) >= 11 is 0. The monoisotopic (exact) mass is 265 g/mol. The standard InChI is InChI=1S/C10H11N5O4/c1-13-4-2-3-8(13)9(16)19-6-5-14-7-11-10(12-14)15(17)18/h2-4,7H,5-6H2,1H3. The molecule has 0 bridgehead atoms. The van der Waals surface area contributed by atoms with E-state index in [-0.39, 0.29) is 13.2 Å². The predicted molar refractivity (Wildman–Crippen MR) is 62.4 cm³/mol. The van der Waals surface area contributed by atoms with Gasteiger partial charge in [0.25, 0.3) is 0 Å². The fourth-order valence-corrected chi connectivity index (χ4v) is 1.46. The van der Waals surface area contributed by atoms with Gasteiger partial charge in [-0.2, -0.15) is 4.68 Å². The maximum Gasteiger partial charge on any atom is 0.490 e. The first-order valence-corrected chi connectivity index (χ1v) is 5.40. The SMILES string of the molecule is Cn1cccc1C(=O)OCCn1cnc([N+](=O)[O-])n1. The molecule has 2 rings (SSSR count). The lowest BCUT2D eigenvalue weighted by molar-refractivity contribution is -0.394. The summed E-state index contributed by atoms with van der Waals surface area (Å²) in [5.74, 6) is -0.934. The Morgan fingerprint density at radius 3 is 2.95 bits per heavy atom. The van der Waals surface area contributed by atoms with E-state index in [9.17, 15) is 14.9 Å². The Morgan fingerprint density at radius 1 is 1.58 bits per heavy atom. The normalized spacial score (nSPS) is 10.4. The molecule has 2 aromatic heterocycles. The molecule has 0 unspecified atom stereocenters. The van der Waals surface area contributed by atoms with Crippen LogP contribution in [0.2, 0.25) is 0 Å². The highest BCUT2D eigenvalue weighted by atomic mass is 16.6. The van der Waals surface area contributed by atoms with Crippen molar-refractivity contribution in [3.63, 3.8) is 0 Å². The molecule has 100 valence electrons. The van der Waals surface area contributed by atoms with Crippen LogP contribution in [-0.4, -0.2) is 36.8 Å². The number of aryl methyl sites for hydroxylation is 1. The quantitative estimate of drug-likeness (QED) is 0.439. The summed E-state index contributed by atoms with van der Waals surface area (Å²) in [4.78, 5) is 24.8. The van der Waals surface area contributed by atoms with Crippen molar-refractivity contribution in [1.82, 2.24) is 19.3 Å². The second-order valence-electron chi connectivity index (χ2n) is 3.71. The topological polar surface area (TPSA) is 105 Å². The van der Waals surface area contributed by atoms with E-state index in [4.69, 9.17) is 4.74 Å². The van der Waals surface area contributed by atoms with Crippen molar-refractivity contribution in [3.8, 4) is 0 Å². The van der Waals surface area contributed by atoms with E-state index in [0.29, 0.717) is 5.69 Å². The van der Waals surface area contributed by atoms with Crippen LogP contribution in [0.15, 0.2) is 24.7 Å². The van der Waals surface area contributed by atoms with Crippen LogP contribution in [0.25, 0.3) is 0 Å². The van der Waals surface area contributed by atoms with Crippen LogP contribution < -0.4 is 0 Å². The van der Waals surface area contributed by atoms with E-state index >= 15 is 0 Å². The lowest BCUT2D eigenvalue weighted by Crippen LogP contribution is -2.14. The summed E-state index contributed by atoms with van der Waals surface area (Å²) in [6.45, 7) is 0.265. The number of nitro groups is 1. The number of rotatable bonds is 5. The highest BCUT2D eigenvalue weighted by Gasteiger charge is 2.14. The summed E-state index contributed by atoms with van der Waals surface area (Å²) in [5, 5.41) is 14.0. The van der Waals surface area contributed by atoms with Gasteiger partial charge in [0, 0.05) is 18.3 Å². The molecule has 9 heteroatoms. The molecule has 0 radical (unpaired) electrons. The third kappa shape index (κ3) is 2.94. The molecule has 19 heavy (non-hydrogen) atoms. The maximum absolute atomic E-state index is 11.6. The van der Waals surface area contributed by atoms with Crippen LogP contribution in [0.3, 0.4) is 0 Å². The third-order valence-electron chi connectivity index (χ3n) is 2.39. The molecule has 0 fully saturated rings. The van der Waals surface area contributed by atoms with E-state index in [1.807, 2.05) is 0 Å². The van der Waals surface area contributed by atoms with Gasteiger partial charge in [-0.05, 0) is 17.1 Å². The third-order valence-corrected chi connectivity index (χ3v) is 2.39. The molecule has 0 aliphatic heterocycles. The minimum atomic E-state index is -0.688. The Bertz CT molecular complexity index is 603. The first-order valence-electron chi connectivity index (χ1n) is 5.40. The average molecular weight is 265 g/mol. The smallest absolute Gasteiger partial charge is 0.459 e. The van der Waals surface area contributed by atoms with Gasteiger partial charge in [-0.25, -0.2) is 4.79 Å². The average Bonchev–Trinajstić information content (AvgIpc) is 2.97. The van der Waals surface area contributed by atoms with Crippen molar-refractivity contribution in [2.24, 2.45) is 7.05 Å². The second-order valence-corrected chi connectivity index (χ2v) is 3.71. The summed E-state index contributed by atoms with van der Waals surface area (Å²) in [6.07, 6.45) is 2.95. The summed E-state index contributed by atoms with van der Waals surface area (Å²) in [5.41, 5.74) is 0.435. The van der Waals surface area contributed by atoms with Gasteiger partial charge in [0.2, 0.25) is 6.33 Å². The fourth-order valence-electron chi connectivity index (χ4n) is 1.46. The maximum atomic E-state index is 11.6. The lowest BCUT2D eigenvalue weighted by Gasteiger charge is -2.04. The van der Waals surface area contributed by atoms with Gasteiger partial charge in [-0.3, -0.25) is 0 Å². The second kappa shape index (κ2) is 5.29. The zero-order chi connectivity index (χ0) is 13.8. The Morgan fingerprint density at radius 2 is 2.37 bits per heavy atom. The van der Waals surface area contributed by atoms with E-state index in [2.05, 4.69) is 10.1 Å². The molecule has 9 nitrogen and oxygen atoms in total. The molecule has 0 aliphatic carbocycles. The van der Waals surface area contributed by atoms with Crippen LogP contribution >= 0.6 is 0 Å². The van der Waals surface area contributed by atoms with Crippen LogP contribution in [0, 0.1) is 10.1 Å². The van der Waals surface area contributed by atoms with Gasteiger partial charge < -0.3 is 19.4 Å². The molecule has 0 amide bonds. The molecule has 0 aromatic carbocycles. The van der Waals surface area contributed by atoms with Crippen molar-refractivity contribution < 1.29 is 14.5 Å². The van der Waals surface area contributed by atoms with Gasteiger partial charge in [-0.15, -0.1) is 0 Å². The Kier molecular flexibility index (Phi) is 3.55. The van der Waals surface area contributed by atoms with Crippen molar-refractivity contribution in [1.29, 1.82) is 0 Å². The minimum Gasteiger partial charge on any atom is -0.459 e. The first kappa shape index (κ1) is 12.7. The molecule has 0 N–H and O–H groups in total. The number of ether oxygens (including phenoxy) is 1. The zero-order valence-electron chi connectivity index (χ0n) is 10.1. The fraction of sp³-hybridized carbons (Fsp3) is 0.300. The lowest BCUT2D eigenvalue weighted by atomic mass is 10.4. The van der Waals surface area contributed by atoms with E-state index in [1.54, 1.807) is 29.9 Å². The van der Waals surface area contributed by atoms with E-state index in [0.717, 1.165) is 0 Å². The van der Waals surface area contributed by atoms with E-state index in [1.165, 1.54) is 11.0 Å². The highest BCUT2D eigenvalue weighted by molar-refractivity contribution is 5.87. The summed E-state index contributed by atoms with van der Waals surface area (Å²) < 4.78 is 7.91. The molecule has 0 aliphatic rings. The van der Waals surface area contributed by atoms with Gasteiger partial charge in [0.1, 0.15) is 12.3 Å². The number of nitrogens with zero attached hydrogens (tertiary/aromatic N) is 5. The molecular weight excluding hydrogens is 254 g/mol. The molecule has 2 heterocycles. The largest absolute Gasteiger partial charge is 0.490 e. The first-order chi connectivity index (χ1) is 9.08. The number of hydrogen-bond donors (Lipinski definition) is 0. The zero-order valence-corrected chi connectivity index (χ0v) is 10.1. The molecule has 2 aromatic rings. The minimum absolute atomic E-state index is 0.0600. The molecule has 0 saturated heterocycles. The van der Waals surface area contributed by atoms with Crippen molar-refractivity contribution in [2.45, 2.75) is 6.54 Å². The van der Waals surface area contributed by atoms with Crippen molar-refractivity contribution >= 4 is 11.9 Å². The molecule has 0 spiro atoms. The molecule has 0 atom stereocenters. The van der Waals surface area contributed by atoms with E-state index < -0.39 is 16.8 Å². The number of carbonyl (C=O) groups excluding carboxylic acids is 1. The Balaban J connectivity index is 1.85. The predicted octanol–water partition coefficient (Wildman–Crippen LogP) is 0.382. The summed E-state index contributed by atoms with van der Waals surface area (Å²) in [6, 6.07) is 3.38. The molecule has 0 saturated carbocycles. The number of esters is 1. The van der Waals surface area contributed by atoms with Gasteiger partial charge >= 0.3 is 11.9 Å².